The maximum Gasteiger partial charge on any atom is 0.270 e. The highest BCUT2D eigenvalue weighted by atomic mass is 32.1. The zero-order chi connectivity index (χ0) is 28.6. The molecule has 12 heteroatoms. The van der Waals surface area contributed by atoms with Crippen molar-refractivity contribution in [1.29, 1.82) is 0 Å². The van der Waals surface area contributed by atoms with Gasteiger partial charge in [-0.15, -0.1) is 11.3 Å². The van der Waals surface area contributed by atoms with Gasteiger partial charge in [-0.2, -0.15) is 5.10 Å². The number of hydrogen-bond acceptors (Lipinski definition) is 7. The van der Waals surface area contributed by atoms with Gasteiger partial charge in [0.15, 0.2) is 0 Å². The Morgan fingerprint density at radius 3 is 2.55 bits per heavy atom. The van der Waals surface area contributed by atoms with Gasteiger partial charge in [0.25, 0.3) is 11.8 Å². The van der Waals surface area contributed by atoms with Crippen molar-refractivity contribution in [1.82, 2.24) is 36.0 Å². The lowest BCUT2D eigenvalue weighted by molar-refractivity contribution is -0.130. The number of amides is 4. The van der Waals surface area contributed by atoms with Crippen molar-refractivity contribution in [2.24, 2.45) is 7.05 Å². The Morgan fingerprint density at radius 2 is 1.85 bits per heavy atom. The number of rotatable bonds is 5. The Bertz CT molecular complexity index is 1350. The van der Waals surface area contributed by atoms with Crippen LogP contribution in [0.1, 0.15) is 75.8 Å². The monoisotopic (exact) mass is 565 g/mol. The van der Waals surface area contributed by atoms with Crippen molar-refractivity contribution in [3.05, 3.63) is 69.4 Å². The zero-order valence-electron chi connectivity index (χ0n) is 22.9. The molecule has 2 aromatic heterocycles. The molecule has 3 aromatic rings. The van der Waals surface area contributed by atoms with Gasteiger partial charge in [-0.1, -0.05) is 37.3 Å². The van der Waals surface area contributed by atoms with Crippen LogP contribution < -0.4 is 21.3 Å². The Labute approximate surface area is 237 Å². The minimum absolute atomic E-state index is 0.291. The van der Waals surface area contributed by atoms with Crippen molar-refractivity contribution >= 4 is 35.0 Å². The second kappa shape index (κ2) is 13.3. The number of carbonyl (C=O) groups excluding carboxylic acids is 4. The summed E-state index contributed by atoms with van der Waals surface area (Å²) in [4.78, 5) is 57.1. The largest absolute Gasteiger partial charge is 0.351 e. The Balaban J connectivity index is 1.57. The molecule has 1 aromatic carbocycles. The van der Waals surface area contributed by atoms with Crippen LogP contribution in [0.25, 0.3) is 0 Å². The van der Waals surface area contributed by atoms with Gasteiger partial charge < -0.3 is 21.3 Å². The van der Waals surface area contributed by atoms with Crippen LogP contribution in [0.15, 0.2) is 41.9 Å². The summed E-state index contributed by atoms with van der Waals surface area (Å²) in [7, 11) is 1.74. The van der Waals surface area contributed by atoms with E-state index in [0.717, 1.165) is 5.56 Å². The Kier molecular flexibility index (Phi) is 9.65. The molecule has 0 aliphatic carbocycles. The fourth-order valence-corrected chi connectivity index (χ4v) is 5.34. The summed E-state index contributed by atoms with van der Waals surface area (Å²) in [6.45, 7) is 3.99. The van der Waals surface area contributed by atoms with Gasteiger partial charge in [0, 0.05) is 24.7 Å². The zero-order valence-corrected chi connectivity index (χ0v) is 23.7. The summed E-state index contributed by atoms with van der Waals surface area (Å²) < 4.78 is 1.59. The van der Waals surface area contributed by atoms with Gasteiger partial charge in [-0.05, 0) is 44.6 Å². The van der Waals surface area contributed by atoms with Crippen LogP contribution in [0.3, 0.4) is 0 Å². The van der Waals surface area contributed by atoms with Crippen LogP contribution >= 0.6 is 11.3 Å². The first-order valence-corrected chi connectivity index (χ1v) is 14.3. The highest BCUT2D eigenvalue weighted by molar-refractivity contribution is 7.09. The molecule has 4 rings (SSSR count). The van der Waals surface area contributed by atoms with Gasteiger partial charge in [0.2, 0.25) is 11.8 Å². The van der Waals surface area contributed by atoms with Gasteiger partial charge in [0.05, 0.1) is 17.8 Å². The summed E-state index contributed by atoms with van der Waals surface area (Å²) >= 11 is 1.31. The number of nitrogens with one attached hydrogen (secondary N) is 4. The molecule has 3 atom stereocenters. The fraction of sp³-hybridized carbons (Fsp3) is 0.429. The molecule has 4 amide bonds. The molecule has 3 heterocycles. The van der Waals surface area contributed by atoms with Crippen LogP contribution in [0.4, 0.5) is 0 Å². The van der Waals surface area contributed by atoms with E-state index in [-0.39, 0.29) is 11.8 Å². The lowest BCUT2D eigenvalue weighted by Gasteiger charge is -2.25. The number of fused-ring (bicyclic) bond motifs is 2. The quantitative estimate of drug-likeness (QED) is 0.373. The maximum atomic E-state index is 13.4. The van der Waals surface area contributed by atoms with E-state index < -0.39 is 29.9 Å². The number of carbonyl (C=O) groups is 4. The topological polar surface area (TPSA) is 147 Å². The standard InChI is InChI=1S/C28H35N7O4S/c1-4-20-26(38)33-22(14-18-10-6-5-7-11-18)28-34-23(16-40-28)25(37)29-13-9-8-12-21(27(39)31-20)32-24(36)19-15-30-35(3)17(19)2/h5-7,10-11,15-16,20-22H,4,8-9,12-14H2,1-3H3,(H,29,37)(H,31,39)(H,32,36)(H,33,38)/t20-,21+,22+/m1/s1. The van der Waals surface area contributed by atoms with Crippen molar-refractivity contribution in [3.8, 4) is 0 Å². The molecule has 212 valence electrons. The van der Waals surface area contributed by atoms with Crippen LogP contribution in [0.2, 0.25) is 0 Å². The van der Waals surface area contributed by atoms with E-state index >= 15 is 0 Å². The van der Waals surface area contributed by atoms with Crippen LogP contribution in [-0.4, -0.2) is 57.0 Å². The van der Waals surface area contributed by atoms with Crippen LogP contribution in [0, 0.1) is 6.92 Å². The molecule has 1 aliphatic rings. The Morgan fingerprint density at radius 1 is 1.10 bits per heavy atom. The summed E-state index contributed by atoms with van der Waals surface area (Å²) in [6.07, 6.45) is 3.78. The van der Waals surface area contributed by atoms with E-state index in [4.69, 9.17) is 0 Å². The van der Waals surface area contributed by atoms with E-state index in [1.54, 1.807) is 24.0 Å². The average molecular weight is 566 g/mol. The highest BCUT2D eigenvalue weighted by Crippen LogP contribution is 2.23. The van der Waals surface area contributed by atoms with E-state index in [1.165, 1.54) is 17.5 Å². The summed E-state index contributed by atoms with van der Waals surface area (Å²) in [5.41, 5.74) is 2.35. The molecule has 2 bridgehead atoms. The van der Waals surface area contributed by atoms with Crippen molar-refractivity contribution in [2.75, 3.05) is 6.54 Å². The highest BCUT2D eigenvalue weighted by Gasteiger charge is 2.29. The first-order valence-electron chi connectivity index (χ1n) is 13.4. The van der Waals surface area contributed by atoms with E-state index in [1.807, 2.05) is 37.3 Å². The summed E-state index contributed by atoms with van der Waals surface area (Å²) in [6, 6.07) is 7.50. The third-order valence-electron chi connectivity index (χ3n) is 7.00. The third-order valence-corrected chi connectivity index (χ3v) is 7.96. The smallest absolute Gasteiger partial charge is 0.270 e. The third kappa shape index (κ3) is 7.12. The lowest BCUT2D eigenvalue weighted by Crippen LogP contribution is -2.54. The lowest BCUT2D eigenvalue weighted by atomic mass is 10.0. The molecule has 0 spiro atoms. The first-order chi connectivity index (χ1) is 19.3. The van der Waals surface area contributed by atoms with Gasteiger partial charge in [-0.25, -0.2) is 4.98 Å². The maximum absolute atomic E-state index is 13.4. The summed E-state index contributed by atoms with van der Waals surface area (Å²) in [5, 5.41) is 18.0. The van der Waals surface area contributed by atoms with E-state index in [0.29, 0.717) is 60.6 Å². The molecule has 0 fully saturated rings. The molecule has 4 N–H and O–H groups in total. The number of aromatic nitrogens is 3. The average Bonchev–Trinajstić information content (AvgIpc) is 3.57. The van der Waals surface area contributed by atoms with Crippen molar-refractivity contribution in [2.45, 2.75) is 64.1 Å². The normalized spacial score (nSPS) is 20.8. The van der Waals surface area contributed by atoms with Crippen molar-refractivity contribution in [3.63, 3.8) is 0 Å². The van der Waals surface area contributed by atoms with E-state index in [9.17, 15) is 19.2 Å². The van der Waals surface area contributed by atoms with Crippen LogP contribution in [0.5, 0.6) is 0 Å². The van der Waals surface area contributed by atoms with Crippen LogP contribution in [-0.2, 0) is 23.1 Å². The second-order valence-corrected chi connectivity index (χ2v) is 10.7. The van der Waals surface area contributed by atoms with Gasteiger partial charge in [-0.3, -0.25) is 23.9 Å². The first kappa shape index (κ1) is 28.9. The number of thiazole rings is 1. The summed E-state index contributed by atoms with van der Waals surface area (Å²) in [5.74, 6) is -1.50. The predicted octanol–water partition coefficient (Wildman–Crippen LogP) is 2.19. The molecule has 40 heavy (non-hydrogen) atoms. The number of nitrogens with zero attached hydrogens (tertiary/aromatic N) is 3. The molecule has 1 aliphatic heterocycles. The van der Waals surface area contributed by atoms with Gasteiger partial charge in [0.1, 0.15) is 22.8 Å². The number of aryl methyl sites for hydroxylation is 1. The molecule has 0 saturated heterocycles. The van der Waals surface area contributed by atoms with Crippen molar-refractivity contribution < 1.29 is 19.2 Å². The fourth-order valence-electron chi connectivity index (χ4n) is 4.49. The molecule has 0 unspecified atom stereocenters. The molecular formula is C28H35N7O4S. The molecule has 11 nitrogen and oxygen atoms in total. The molecule has 0 radical (unpaired) electrons. The molecule has 0 saturated carbocycles. The minimum atomic E-state index is -0.864. The van der Waals surface area contributed by atoms with E-state index in [2.05, 4.69) is 31.3 Å². The molecular weight excluding hydrogens is 530 g/mol. The second-order valence-electron chi connectivity index (χ2n) is 9.84. The number of hydrogen-bond donors (Lipinski definition) is 4. The van der Waals surface area contributed by atoms with Gasteiger partial charge >= 0.3 is 0 Å². The Hall–Kier alpha value is -4.06. The SMILES string of the molecule is CC[C@H]1NC(=O)[C@@H](NC(=O)c2cnn(C)c2C)CCCCNC(=O)c2csc(n2)[C@H](Cc2ccccc2)NC1=O. The predicted molar refractivity (Wildman–Crippen MR) is 151 cm³/mol. The minimum Gasteiger partial charge on any atom is -0.351 e. The number of benzene rings is 1.